The van der Waals surface area contributed by atoms with Gasteiger partial charge in [-0.25, -0.2) is 4.79 Å². The van der Waals surface area contributed by atoms with Crippen LogP contribution in [0, 0.1) is 11.8 Å². The molecule has 22 heavy (non-hydrogen) atoms. The Morgan fingerprint density at radius 1 is 1.45 bits per heavy atom. The number of aromatic nitrogens is 1. The molecule has 0 aromatic carbocycles. The Kier molecular flexibility index (Phi) is 3.30. The molecule has 1 aromatic rings. The van der Waals surface area contributed by atoms with Crippen LogP contribution in [0.25, 0.3) is 0 Å². The van der Waals surface area contributed by atoms with Gasteiger partial charge in [-0.1, -0.05) is 19.1 Å². The standard InChI is InChI=1S/C18H21NO3/c1-12-9-14-4-5-16-18(14,15(10-12)17(20)22-16)21-8-6-13-3-2-7-19-11-13/h2-3,7,10-12,14,16H,4-6,8-9H2,1H3/t12-,14?,16+,18-/m0/s1. The summed E-state index contributed by atoms with van der Waals surface area (Å²) in [7, 11) is 0. The van der Waals surface area contributed by atoms with Gasteiger partial charge >= 0.3 is 5.97 Å². The van der Waals surface area contributed by atoms with Crippen molar-refractivity contribution in [3.05, 3.63) is 41.7 Å². The minimum atomic E-state index is -0.480. The zero-order chi connectivity index (χ0) is 15.2. The molecule has 1 saturated heterocycles. The van der Waals surface area contributed by atoms with Crippen molar-refractivity contribution in [3.8, 4) is 0 Å². The third kappa shape index (κ3) is 2.01. The Bertz CT molecular complexity index is 612. The van der Waals surface area contributed by atoms with Crippen molar-refractivity contribution in [1.29, 1.82) is 0 Å². The molecule has 116 valence electrons. The molecule has 1 saturated carbocycles. The lowest BCUT2D eigenvalue weighted by Crippen LogP contribution is -2.47. The number of rotatable bonds is 4. The van der Waals surface area contributed by atoms with E-state index in [2.05, 4.69) is 24.1 Å². The summed E-state index contributed by atoms with van der Waals surface area (Å²) in [4.78, 5) is 16.3. The maximum Gasteiger partial charge on any atom is 0.337 e. The van der Waals surface area contributed by atoms with Crippen LogP contribution in [-0.2, 0) is 20.7 Å². The van der Waals surface area contributed by atoms with E-state index in [1.165, 1.54) is 0 Å². The van der Waals surface area contributed by atoms with Gasteiger partial charge in [-0.2, -0.15) is 0 Å². The van der Waals surface area contributed by atoms with Crippen LogP contribution in [0.4, 0.5) is 0 Å². The monoisotopic (exact) mass is 299 g/mol. The average molecular weight is 299 g/mol. The summed E-state index contributed by atoms with van der Waals surface area (Å²) < 4.78 is 12.0. The van der Waals surface area contributed by atoms with Crippen LogP contribution in [0.15, 0.2) is 36.2 Å². The number of hydrogen-bond donors (Lipinski definition) is 0. The van der Waals surface area contributed by atoms with Crippen molar-refractivity contribution in [2.45, 2.75) is 44.3 Å². The Balaban J connectivity index is 1.56. The van der Waals surface area contributed by atoms with E-state index in [1.54, 1.807) is 6.20 Å². The quantitative estimate of drug-likeness (QED) is 0.802. The van der Waals surface area contributed by atoms with E-state index in [-0.39, 0.29) is 12.1 Å². The highest BCUT2D eigenvalue weighted by Gasteiger charge is 2.63. The molecule has 1 aromatic heterocycles. The van der Waals surface area contributed by atoms with Crippen molar-refractivity contribution in [2.75, 3.05) is 6.61 Å². The smallest absolute Gasteiger partial charge is 0.337 e. The minimum Gasteiger partial charge on any atom is -0.455 e. The van der Waals surface area contributed by atoms with Gasteiger partial charge in [0, 0.05) is 12.4 Å². The van der Waals surface area contributed by atoms with E-state index in [0.29, 0.717) is 18.4 Å². The fraction of sp³-hybridized carbons (Fsp3) is 0.556. The second kappa shape index (κ2) is 5.20. The van der Waals surface area contributed by atoms with E-state index in [4.69, 9.17) is 9.47 Å². The van der Waals surface area contributed by atoms with E-state index in [1.807, 2.05) is 12.3 Å². The molecule has 0 N–H and O–H groups in total. The van der Waals surface area contributed by atoms with Crippen LogP contribution < -0.4 is 0 Å². The van der Waals surface area contributed by atoms with Crippen LogP contribution in [0.5, 0.6) is 0 Å². The van der Waals surface area contributed by atoms with Gasteiger partial charge in [0.25, 0.3) is 0 Å². The number of hydrogen-bond acceptors (Lipinski definition) is 4. The van der Waals surface area contributed by atoms with Gasteiger partial charge in [-0.3, -0.25) is 4.98 Å². The average Bonchev–Trinajstić information content (AvgIpc) is 2.99. The summed E-state index contributed by atoms with van der Waals surface area (Å²) in [5, 5.41) is 0. The van der Waals surface area contributed by atoms with E-state index in [0.717, 1.165) is 36.8 Å². The highest BCUT2D eigenvalue weighted by molar-refractivity contribution is 5.94. The first kappa shape index (κ1) is 13.9. The molecule has 2 fully saturated rings. The molecule has 4 rings (SSSR count). The van der Waals surface area contributed by atoms with Crippen LogP contribution in [0.2, 0.25) is 0 Å². The summed E-state index contributed by atoms with van der Waals surface area (Å²) in [5.74, 6) is 0.676. The van der Waals surface area contributed by atoms with E-state index >= 15 is 0 Å². The molecule has 1 unspecified atom stereocenters. The zero-order valence-electron chi connectivity index (χ0n) is 12.8. The molecular formula is C18H21NO3. The first-order valence-corrected chi connectivity index (χ1v) is 8.16. The first-order valence-electron chi connectivity index (χ1n) is 8.16. The largest absolute Gasteiger partial charge is 0.455 e. The van der Waals surface area contributed by atoms with Gasteiger partial charge in [-0.15, -0.1) is 0 Å². The van der Waals surface area contributed by atoms with Gasteiger partial charge in [-0.05, 0) is 49.1 Å². The molecule has 3 aliphatic rings. The van der Waals surface area contributed by atoms with Crippen molar-refractivity contribution in [1.82, 2.24) is 4.98 Å². The molecule has 2 heterocycles. The summed E-state index contributed by atoms with van der Waals surface area (Å²) in [6, 6.07) is 3.99. The number of carbonyl (C=O) groups excluding carboxylic acids is 1. The number of esters is 1. The summed E-state index contributed by atoms with van der Waals surface area (Å²) >= 11 is 0. The Morgan fingerprint density at radius 3 is 3.18 bits per heavy atom. The predicted molar refractivity (Wildman–Crippen MR) is 81.1 cm³/mol. The van der Waals surface area contributed by atoms with Gasteiger partial charge < -0.3 is 9.47 Å². The molecular weight excluding hydrogens is 278 g/mol. The molecule has 4 atom stereocenters. The van der Waals surface area contributed by atoms with Crippen molar-refractivity contribution in [3.63, 3.8) is 0 Å². The van der Waals surface area contributed by atoms with Crippen LogP contribution in [-0.4, -0.2) is 29.3 Å². The van der Waals surface area contributed by atoms with Gasteiger partial charge in [0.05, 0.1) is 12.2 Å². The lowest BCUT2D eigenvalue weighted by molar-refractivity contribution is -0.142. The normalized spacial score (nSPS) is 36.0. The lowest BCUT2D eigenvalue weighted by Gasteiger charge is -2.38. The predicted octanol–water partition coefficient (Wildman–Crippen LogP) is 2.68. The molecule has 0 amide bonds. The maximum atomic E-state index is 12.2. The number of pyridine rings is 1. The lowest BCUT2D eigenvalue weighted by atomic mass is 9.73. The molecule has 4 nitrogen and oxygen atoms in total. The first-order chi connectivity index (χ1) is 10.7. The maximum absolute atomic E-state index is 12.2. The number of nitrogens with zero attached hydrogens (tertiary/aromatic N) is 1. The second-order valence-corrected chi connectivity index (χ2v) is 6.71. The molecule has 1 aliphatic heterocycles. The van der Waals surface area contributed by atoms with Crippen LogP contribution in [0.3, 0.4) is 0 Å². The highest BCUT2D eigenvalue weighted by Crippen LogP contribution is 2.55. The number of allylic oxidation sites excluding steroid dienone is 1. The van der Waals surface area contributed by atoms with Gasteiger partial charge in [0.1, 0.15) is 11.7 Å². The minimum absolute atomic E-state index is 0.0855. The van der Waals surface area contributed by atoms with E-state index < -0.39 is 5.60 Å². The van der Waals surface area contributed by atoms with Crippen molar-refractivity contribution < 1.29 is 14.3 Å². The number of carbonyl (C=O) groups is 1. The molecule has 0 bridgehead atoms. The van der Waals surface area contributed by atoms with Crippen LogP contribution in [0.1, 0.15) is 31.7 Å². The second-order valence-electron chi connectivity index (χ2n) is 6.71. The van der Waals surface area contributed by atoms with Crippen LogP contribution >= 0.6 is 0 Å². The summed E-state index contributed by atoms with van der Waals surface area (Å²) in [6.45, 7) is 2.77. The molecule has 4 heteroatoms. The third-order valence-electron chi connectivity index (χ3n) is 5.31. The summed E-state index contributed by atoms with van der Waals surface area (Å²) in [6.07, 6.45) is 9.54. The Morgan fingerprint density at radius 2 is 2.36 bits per heavy atom. The summed E-state index contributed by atoms with van der Waals surface area (Å²) in [5.41, 5.74) is 1.46. The zero-order valence-corrected chi connectivity index (χ0v) is 12.8. The van der Waals surface area contributed by atoms with Gasteiger partial charge in [0.15, 0.2) is 0 Å². The van der Waals surface area contributed by atoms with Crippen molar-refractivity contribution >= 4 is 5.97 Å². The third-order valence-corrected chi connectivity index (χ3v) is 5.31. The van der Waals surface area contributed by atoms with E-state index in [9.17, 15) is 4.79 Å². The molecule has 0 radical (unpaired) electrons. The Hall–Kier alpha value is -1.68. The SMILES string of the molecule is C[C@@H]1C=C2C(=O)O[C@@H]3CCC(C1)[C@]23OCCc1cccnc1. The topological polar surface area (TPSA) is 48.4 Å². The Labute approximate surface area is 130 Å². The molecule has 0 spiro atoms. The highest BCUT2D eigenvalue weighted by atomic mass is 16.6. The van der Waals surface area contributed by atoms with Gasteiger partial charge in [0.2, 0.25) is 0 Å². The van der Waals surface area contributed by atoms with Crippen molar-refractivity contribution in [2.24, 2.45) is 11.8 Å². The number of ether oxygens (including phenoxy) is 2. The fourth-order valence-corrected chi connectivity index (χ4v) is 4.40. The fourth-order valence-electron chi connectivity index (χ4n) is 4.40. The molecule has 2 aliphatic carbocycles.